The molecule has 0 radical (unpaired) electrons. The molecule has 1 aromatic rings. The first-order valence-electron chi connectivity index (χ1n) is 8.09. The summed E-state index contributed by atoms with van der Waals surface area (Å²) in [7, 11) is 2.21. The molecule has 1 aromatic heterocycles. The van der Waals surface area contributed by atoms with Gasteiger partial charge in [-0.1, -0.05) is 19.3 Å². The predicted octanol–water partition coefficient (Wildman–Crippen LogP) is 2.41. The Bertz CT molecular complexity index is 443. The van der Waals surface area contributed by atoms with Crippen LogP contribution in [0.15, 0.2) is 0 Å². The molecule has 5 heteroatoms. The van der Waals surface area contributed by atoms with Crippen molar-refractivity contribution in [1.82, 2.24) is 20.4 Å². The fourth-order valence-corrected chi connectivity index (χ4v) is 3.21. The summed E-state index contributed by atoms with van der Waals surface area (Å²) in [4.78, 5) is 14.6. The van der Waals surface area contributed by atoms with Crippen molar-refractivity contribution in [2.24, 2.45) is 0 Å². The van der Waals surface area contributed by atoms with Gasteiger partial charge in [-0.25, -0.2) is 0 Å². The number of rotatable bonds is 6. The number of carbonyl (C=O) groups is 1. The number of aromatic amines is 1. The van der Waals surface area contributed by atoms with Crippen LogP contribution in [0.5, 0.6) is 0 Å². The highest BCUT2D eigenvalue weighted by molar-refractivity contribution is 5.96. The zero-order valence-corrected chi connectivity index (χ0v) is 13.5. The van der Waals surface area contributed by atoms with Crippen molar-refractivity contribution in [3.05, 3.63) is 17.0 Å². The van der Waals surface area contributed by atoms with E-state index in [0.717, 1.165) is 36.9 Å². The smallest absolute Gasteiger partial charge is 0.255 e. The molecule has 1 saturated carbocycles. The lowest BCUT2D eigenvalue weighted by Crippen LogP contribution is -2.36. The molecule has 0 spiro atoms. The lowest BCUT2D eigenvalue weighted by atomic mass is 9.94. The van der Waals surface area contributed by atoms with Gasteiger partial charge in [0.1, 0.15) is 0 Å². The Morgan fingerprint density at radius 2 is 2.05 bits per heavy atom. The Labute approximate surface area is 127 Å². The van der Waals surface area contributed by atoms with Crippen molar-refractivity contribution >= 4 is 5.91 Å². The van der Waals surface area contributed by atoms with Crippen molar-refractivity contribution < 1.29 is 4.79 Å². The van der Waals surface area contributed by atoms with Gasteiger partial charge in [-0.2, -0.15) is 5.10 Å². The van der Waals surface area contributed by atoms with E-state index >= 15 is 0 Å². The number of aromatic nitrogens is 2. The van der Waals surface area contributed by atoms with Crippen molar-refractivity contribution in [3.8, 4) is 0 Å². The van der Waals surface area contributed by atoms with Gasteiger partial charge in [0.05, 0.1) is 11.3 Å². The highest BCUT2D eigenvalue weighted by atomic mass is 16.1. The summed E-state index contributed by atoms with van der Waals surface area (Å²) in [6.45, 7) is 5.51. The topological polar surface area (TPSA) is 61.0 Å². The number of nitrogens with one attached hydrogen (secondary N) is 2. The molecule has 0 bridgehead atoms. The summed E-state index contributed by atoms with van der Waals surface area (Å²) >= 11 is 0. The van der Waals surface area contributed by atoms with Crippen LogP contribution in [0.3, 0.4) is 0 Å². The van der Waals surface area contributed by atoms with E-state index in [1.54, 1.807) is 0 Å². The van der Waals surface area contributed by atoms with Gasteiger partial charge in [0.15, 0.2) is 0 Å². The van der Waals surface area contributed by atoms with Crippen LogP contribution in [-0.4, -0.2) is 47.2 Å². The van der Waals surface area contributed by atoms with E-state index in [9.17, 15) is 4.79 Å². The number of hydrogen-bond donors (Lipinski definition) is 2. The molecule has 118 valence electrons. The minimum Gasteiger partial charge on any atom is -0.352 e. The Hall–Kier alpha value is -1.36. The first-order valence-corrected chi connectivity index (χ1v) is 8.09. The van der Waals surface area contributed by atoms with Gasteiger partial charge in [-0.15, -0.1) is 0 Å². The zero-order chi connectivity index (χ0) is 15.2. The maximum absolute atomic E-state index is 12.1. The molecule has 2 N–H and O–H groups in total. The normalized spacial score (nSPS) is 16.4. The SMILES string of the molecule is Cc1n[nH]c(C)c1C(=O)NCCCN(C)C1CCCCC1. The van der Waals surface area contributed by atoms with Crippen LogP contribution in [0.4, 0.5) is 0 Å². The molecule has 1 aliphatic rings. The monoisotopic (exact) mass is 292 g/mol. The Kier molecular flexibility index (Phi) is 5.79. The van der Waals surface area contributed by atoms with Crippen LogP contribution in [0.2, 0.25) is 0 Å². The van der Waals surface area contributed by atoms with Crippen LogP contribution < -0.4 is 5.32 Å². The predicted molar refractivity (Wildman–Crippen MR) is 84.5 cm³/mol. The quantitative estimate of drug-likeness (QED) is 0.792. The Morgan fingerprint density at radius 3 is 2.67 bits per heavy atom. The molecule has 0 unspecified atom stereocenters. The Morgan fingerprint density at radius 1 is 1.33 bits per heavy atom. The molecule has 5 nitrogen and oxygen atoms in total. The summed E-state index contributed by atoms with van der Waals surface area (Å²) in [6.07, 6.45) is 7.78. The van der Waals surface area contributed by atoms with Gasteiger partial charge in [-0.3, -0.25) is 9.89 Å². The van der Waals surface area contributed by atoms with Gasteiger partial charge in [-0.05, 0) is 46.7 Å². The van der Waals surface area contributed by atoms with Gasteiger partial charge >= 0.3 is 0 Å². The number of aryl methyl sites for hydroxylation is 2. The number of hydrogen-bond acceptors (Lipinski definition) is 3. The molecule has 1 amide bonds. The molecule has 2 rings (SSSR count). The van der Waals surface area contributed by atoms with E-state index in [1.807, 2.05) is 13.8 Å². The van der Waals surface area contributed by atoms with Gasteiger partial charge in [0.2, 0.25) is 0 Å². The molecule has 1 heterocycles. The summed E-state index contributed by atoms with van der Waals surface area (Å²) in [5.74, 6) is -0.0148. The fourth-order valence-electron chi connectivity index (χ4n) is 3.21. The second-order valence-electron chi connectivity index (χ2n) is 6.19. The van der Waals surface area contributed by atoms with Crippen LogP contribution in [-0.2, 0) is 0 Å². The summed E-state index contributed by atoms with van der Waals surface area (Å²) in [6, 6.07) is 0.743. The standard InChI is InChI=1S/C16H28N4O/c1-12-15(13(2)19-18-12)16(21)17-10-7-11-20(3)14-8-5-4-6-9-14/h14H,4-11H2,1-3H3,(H,17,21)(H,18,19). The Balaban J connectivity index is 1.68. The van der Waals surface area contributed by atoms with Crippen LogP contribution in [0.1, 0.15) is 60.3 Å². The van der Waals surface area contributed by atoms with E-state index in [2.05, 4.69) is 27.5 Å². The molecule has 0 aliphatic heterocycles. The van der Waals surface area contributed by atoms with Gasteiger partial charge < -0.3 is 10.2 Å². The molecule has 0 aromatic carbocycles. The average molecular weight is 292 g/mol. The third kappa shape index (κ3) is 4.30. The second-order valence-corrected chi connectivity index (χ2v) is 6.19. The van der Waals surface area contributed by atoms with Gasteiger partial charge in [0, 0.05) is 18.3 Å². The number of carbonyl (C=O) groups excluding carboxylic acids is 1. The molecule has 0 saturated heterocycles. The first kappa shape index (κ1) is 16.0. The zero-order valence-electron chi connectivity index (χ0n) is 13.5. The van der Waals surface area contributed by atoms with E-state index in [4.69, 9.17) is 0 Å². The number of H-pyrrole nitrogens is 1. The van der Waals surface area contributed by atoms with Crippen molar-refractivity contribution in [2.75, 3.05) is 20.1 Å². The summed E-state index contributed by atoms with van der Waals surface area (Å²) in [5.41, 5.74) is 2.30. The molecular formula is C16H28N4O. The maximum Gasteiger partial charge on any atom is 0.255 e. The summed E-state index contributed by atoms with van der Waals surface area (Å²) in [5, 5.41) is 9.91. The second kappa shape index (κ2) is 7.59. The lowest BCUT2D eigenvalue weighted by molar-refractivity contribution is 0.0949. The minimum absolute atomic E-state index is 0.0148. The van der Waals surface area contributed by atoms with Crippen molar-refractivity contribution in [3.63, 3.8) is 0 Å². The van der Waals surface area contributed by atoms with E-state index < -0.39 is 0 Å². The van der Waals surface area contributed by atoms with Gasteiger partial charge in [0.25, 0.3) is 5.91 Å². The molecule has 0 atom stereocenters. The van der Waals surface area contributed by atoms with E-state index in [-0.39, 0.29) is 5.91 Å². The van der Waals surface area contributed by atoms with Crippen LogP contribution in [0, 0.1) is 13.8 Å². The third-order valence-corrected chi connectivity index (χ3v) is 4.53. The first-order chi connectivity index (χ1) is 10.1. The van der Waals surface area contributed by atoms with Crippen molar-refractivity contribution in [1.29, 1.82) is 0 Å². The molecule has 1 fully saturated rings. The van der Waals surface area contributed by atoms with E-state index in [1.165, 1.54) is 32.1 Å². The third-order valence-electron chi connectivity index (χ3n) is 4.53. The van der Waals surface area contributed by atoms with Crippen LogP contribution >= 0.6 is 0 Å². The molecular weight excluding hydrogens is 264 g/mol. The van der Waals surface area contributed by atoms with E-state index in [0.29, 0.717) is 5.56 Å². The highest BCUT2D eigenvalue weighted by Crippen LogP contribution is 2.21. The number of nitrogens with zero attached hydrogens (tertiary/aromatic N) is 2. The number of amides is 1. The largest absolute Gasteiger partial charge is 0.352 e. The minimum atomic E-state index is -0.0148. The lowest BCUT2D eigenvalue weighted by Gasteiger charge is -2.31. The van der Waals surface area contributed by atoms with Crippen LogP contribution in [0.25, 0.3) is 0 Å². The average Bonchev–Trinajstić information content (AvgIpc) is 2.83. The molecule has 1 aliphatic carbocycles. The van der Waals surface area contributed by atoms with Crippen molar-refractivity contribution in [2.45, 2.75) is 58.4 Å². The molecule has 21 heavy (non-hydrogen) atoms. The summed E-state index contributed by atoms with van der Waals surface area (Å²) < 4.78 is 0. The highest BCUT2D eigenvalue weighted by Gasteiger charge is 2.18. The maximum atomic E-state index is 12.1. The fraction of sp³-hybridized carbons (Fsp3) is 0.750.